The molecule has 0 radical (unpaired) electrons. The third-order valence-corrected chi connectivity index (χ3v) is 3.31. The average Bonchev–Trinajstić information content (AvgIpc) is 2.21. The van der Waals surface area contributed by atoms with Crippen molar-refractivity contribution in [3.63, 3.8) is 0 Å². The fourth-order valence-electron chi connectivity index (χ4n) is 1.08. The van der Waals surface area contributed by atoms with Gasteiger partial charge in [-0.05, 0) is 18.1 Å². The summed E-state index contributed by atoms with van der Waals surface area (Å²) >= 11 is 1.57. The van der Waals surface area contributed by atoms with E-state index < -0.39 is 11.6 Å². The molecule has 1 aromatic carbocycles. The Bertz CT molecular complexity index is 317. The summed E-state index contributed by atoms with van der Waals surface area (Å²) in [7, 11) is 0. The number of benzene rings is 1. The fraction of sp³-hybridized carbons (Fsp3) is 0.455. The van der Waals surface area contributed by atoms with Gasteiger partial charge in [0.05, 0.1) is 0 Å². The zero-order valence-corrected chi connectivity index (χ0v) is 9.49. The Kier molecular flexibility index (Phi) is 5.05. The first-order valence-electron chi connectivity index (χ1n) is 4.90. The molecule has 0 bridgehead atoms. The molecule has 1 aromatic rings. The van der Waals surface area contributed by atoms with E-state index in [-0.39, 0.29) is 6.04 Å². The first-order chi connectivity index (χ1) is 7.13. The number of hydrogen-bond donors (Lipinski definition) is 1. The van der Waals surface area contributed by atoms with Crippen molar-refractivity contribution >= 4 is 11.8 Å². The highest BCUT2D eigenvalue weighted by Gasteiger charge is 2.05. The van der Waals surface area contributed by atoms with Gasteiger partial charge in [0.1, 0.15) is 11.6 Å². The van der Waals surface area contributed by atoms with Gasteiger partial charge in [-0.2, -0.15) is 11.8 Å². The van der Waals surface area contributed by atoms with E-state index in [2.05, 4.69) is 0 Å². The quantitative estimate of drug-likeness (QED) is 0.843. The van der Waals surface area contributed by atoms with Crippen LogP contribution in [0.1, 0.15) is 18.9 Å². The van der Waals surface area contributed by atoms with Crippen molar-refractivity contribution in [2.75, 3.05) is 5.75 Å². The molecule has 0 fully saturated rings. The van der Waals surface area contributed by atoms with Gasteiger partial charge in [0.15, 0.2) is 0 Å². The van der Waals surface area contributed by atoms with Crippen molar-refractivity contribution in [1.82, 2.24) is 0 Å². The summed E-state index contributed by atoms with van der Waals surface area (Å²) in [5, 5.41) is 0. The second-order valence-electron chi connectivity index (χ2n) is 3.42. The van der Waals surface area contributed by atoms with Crippen LogP contribution in [0.3, 0.4) is 0 Å². The second kappa shape index (κ2) is 6.08. The summed E-state index contributed by atoms with van der Waals surface area (Å²) in [5.74, 6) is 0.326. The molecule has 0 aliphatic rings. The van der Waals surface area contributed by atoms with Crippen molar-refractivity contribution in [2.45, 2.75) is 25.1 Å². The van der Waals surface area contributed by atoms with Crippen molar-refractivity contribution in [3.05, 3.63) is 35.4 Å². The molecular weight excluding hydrogens is 216 g/mol. The van der Waals surface area contributed by atoms with E-state index in [0.29, 0.717) is 11.3 Å². The van der Waals surface area contributed by atoms with Crippen LogP contribution in [0.5, 0.6) is 0 Å². The first kappa shape index (κ1) is 12.5. The maximum absolute atomic E-state index is 13.2. The van der Waals surface area contributed by atoms with E-state index in [4.69, 9.17) is 5.73 Å². The van der Waals surface area contributed by atoms with Gasteiger partial charge in [-0.1, -0.05) is 13.0 Å². The van der Waals surface area contributed by atoms with Crippen molar-refractivity contribution < 1.29 is 8.78 Å². The molecule has 1 unspecified atom stereocenters. The van der Waals surface area contributed by atoms with Crippen LogP contribution in [0.2, 0.25) is 0 Å². The molecular formula is C11H15F2NS. The van der Waals surface area contributed by atoms with Gasteiger partial charge in [0, 0.05) is 23.6 Å². The molecule has 0 spiro atoms. The summed E-state index contributed by atoms with van der Waals surface area (Å²) in [6, 6.07) is 3.82. The largest absolute Gasteiger partial charge is 0.327 e. The number of thioether (sulfide) groups is 1. The molecule has 1 atom stereocenters. The molecule has 0 saturated carbocycles. The van der Waals surface area contributed by atoms with Gasteiger partial charge < -0.3 is 5.73 Å². The monoisotopic (exact) mass is 231 g/mol. The smallest absolute Gasteiger partial charge is 0.130 e. The average molecular weight is 231 g/mol. The predicted octanol–water partition coefficient (Wildman–Crippen LogP) is 2.94. The van der Waals surface area contributed by atoms with E-state index in [1.165, 1.54) is 12.1 Å². The molecule has 0 heterocycles. The lowest BCUT2D eigenvalue weighted by Crippen LogP contribution is -2.21. The summed E-state index contributed by atoms with van der Waals surface area (Å²) in [6.45, 7) is 2.02. The van der Waals surface area contributed by atoms with Gasteiger partial charge in [0.2, 0.25) is 0 Å². The van der Waals surface area contributed by atoms with Crippen LogP contribution >= 0.6 is 11.8 Å². The molecule has 1 rings (SSSR count). The molecule has 0 aliphatic heterocycles. The number of hydrogen-bond acceptors (Lipinski definition) is 2. The van der Waals surface area contributed by atoms with Crippen LogP contribution in [0.4, 0.5) is 8.78 Å². The lowest BCUT2D eigenvalue weighted by Gasteiger charge is -2.08. The maximum atomic E-state index is 13.2. The number of halogens is 2. The lowest BCUT2D eigenvalue weighted by atomic mass is 10.2. The van der Waals surface area contributed by atoms with Gasteiger partial charge in [0.25, 0.3) is 0 Å². The molecule has 0 saturated heterocycles. The standard InChI is InChI=1S/C11H15F2NS/c1-2-10(14)7-15-6-8-3-4-9(12)5-11(8)13/h3-5,10H,2,6-7,14H2,1H3. The molecule has 1 nitrogen and oxygen atoms in total. The minimum atomic E-state index is -0.536. The Balaban J connectivity index is 2.44. The zero-order valence-electron chi connectivity index (χ0n) is 8.67. The molecule has 0 aliphatic carbocycles. The maximum Gasteiger partial charge on any atom is 0.130 e. The molecule has 2 N–H and O–H groups in total. The van der Waals surface area contributed by atoms with Gasteiger partial charge in [-0.15, -0.1) is 0 Å². The van der Waals surface area contributed by atoms with Crippen LogP contribution in [0.15, 0.2) is 18.2 Å². The Morgan fingerprint density at radius 2 is 2.13 bits per heavy atom. The van der Waals surface area contributed by atoms with E-state index >= 15 is 0 Å². The number of rotatable bonds is 5. The minimum Gasteiger partial charge on any atom is -0.327 e. The van der Waals surface area contributed by atoms with Gasteiger partial charge in [-0.25, -0.2) is 8.78 Å². The second-order valence-corrected chi connectivity index (χ2v) is 4.45. The third-order valence-electron chi connectivity index (χ3n) is 2.13. The van der Waals surface area contributed by atoms with E-state index in [1.54, 1.807) is 11.8 Å². The first-order valence-corrected chi connectivity index (χ1v) is 6.06. The summed E-state index contributed by atoms with van der Waals surface area (Å²) in [5.41, 5.74) is 6.26. The minimum absolute atomic E-state index is 0.151. The summed E-state index contributed by atoms with van der Waals surface area (Å²) in [4.78, 5) is 0. The van der Waals surface area contributed by atoms with E-state index in [1.807, 2.05) is 6.92 Å². The molecule has 0 amide bonds. The SMILES string of the molecule is CCC(N)CSCc1ccc(F)cc1F. The number of nitrogens with two attached hydrogens (primary N) is 1. The summed E-state index contributed by atoms with van der Waals surface area (Å²) < 4.78 is 25.8. The summed E-state index contributed by atoms with van der Waals surface area (Å²) in [6.07, 6.45) is 0.916. The zero-order chi connectivity index (χ0) is 11.3. The fourth-order valence-corrected chi connectivity index (χ4v) is 2.19. The van der Waals surface area contributed by atoms with Crippen molar-refractivity contribution in [3.8, 4) is 0 Å². The predicted molar refractivity (Wildman–Crippen MR) is 60.8 cm³/mol. The van der Waals surface area contributed by atoms with Crippen LogP contribution in [-0.4, -0.2) is 11.8 Å². The van der Waals surface area contributed by atoms with Gasteiger partial charge in [-0.3, -0.25) is 0 Å². The Morgan fingerprint density at radius 3 is 2.73 bits per heavy atom. The van der Waals surface area contributed by atoms with E-state index in [0.717, 1.165) is 18.2 Å². The topological polar surface area (TPSA) is 26.0 Å². The normalized spacial score (nSPS) is 12.8. The highest BCUT2D eigenvalue weighted by atomic mass is 32.2. The Morgan fingerprint density at radius 1 is 1.40 bits per heavy atom. The molecule has 4 heteroatoms. The molecule has 84 valence electrons. The lowest BCUT2D eigenvalue weighted by molar-refractivity contribution is 0.576. The van der Waals surface area contributed by atoms with E-state index in [9.17, 15) is 8.78 Å². The Hall–Kier alpha value is -0.610. The molecule has 15 heavy (non-hydrogen) atoms. The van der Waals surface area contributed by atoms with Crippen LogP contribution in [0, 0.1) is 11.6 Å². The van der Waals surface area contributed by atoms with Crippen LogP contribution < -0.4 is 5.73 Å². The highest BCUT2D eigenvalue weighted by molar-refractivity contribution is 7.98. The highest BCUT2D eigenvalue weighted by Crippen LogP contribution is 2.17. The molecule has 0 aromatic heterocycles. The van der Waals surface area contributed by atoms with Crippen LogP contribution in [-0.2, 0) is 5.75 Å². The van der Waals surface area contributed by atoms with Crippen molar-refractivity contribution in [1.29, 1.82) is 0 Å². The Labute approximate surface area is 93.1 Å². The van der Waals surface area contributed by atoms with Gasteiger partial charge >= 0.3 is 0 Å². The third kappa shape index (κ3) is 4.18. The van der Waals surface area contributed by atoms with Crippen LogP contribution in [0.25, 0.3) is 0 Å². The van der Waals surface area contributed by atoms with Crippen molar-refractivity contribution in [2.24, 2.45) is 5.73 Å².